The van der Waals surface area contributed by atoms with Crippen molar-refractivity contribution in [3.05, 3.63) is 0 Å². The van der Waals surface area contributed by atoms with Crippen molar-refractivity contribution in [1.29, 1.82) is 0 Å². The Morgan fingerprint density at radius 3 is 2.25 bits per heavy atom. The summed E-state index contributed by atoms with van der Waals surface area (Å²) in [5.41, 5.74) is -0.697. The van der Waals surface area contributed by atoms with Crippen molar-refractivity contribution in [1.82, 2.24) is 10.2 Å². The van der Waals surface area contributed by atoms with Crippen LogP contribution < -0.4 is 5.32 Å². The van der Waals surface area contributed by atoms with Crippen molar-refractivity contribution >= 4 is 11.8 Å². The molecule has 0 aromatic carbocycles. The van der Waals surface area contributed by atoms with Crippen LogP contribution in [0.3, 0.4) is 0 Å². The average Bonchev–Trinajstić information content (AvgIpc) is 2.61. The first-order valence-electron chi connectivity index (χ1n) is 7.73. The van der Waals surface area contributed by atoms with E-state index in [1.807, 2.05) is 18.7 Å². The van der Waals surface area contributed by atoms with Crippen molar-refractivity contribution in [2.75, 3.05) is 0 Å². The highest BCUT2D eigenvalue weighted by Gasteiger charge is 2.52. The smallest absolute Gasteiger partial charge is 0.248 e. The van der Waals surface area contributed by atoms with E-state index in [0.29, 0.717) is 0 Å². The fraction of sp³-hybridized carbons (Fsp3) is 0.875. The van der Waals surface area contributed by atoms with Crippen LogP contribution in [0.5, 0.6) is 0 Å². The quantitative estimate of drug-likeness (QED) is 0.844. The summed E-state index contributed by atoms with van der Waals surface area (Å²) >= 11 is 0. The van der Waals surface area contributed by atoms with Gasteiger partial charge in [0.25, 0.3) is 0 Å². The van der Waals surface area contributed by atoms with Crippen molar-refractivity contribution in [3.8, 4) is 0 Å². The Hall–Kier alpha value is -1.06. The van der Waals surface area contributed by atoms with Gasteiger partial charge in [-0.1, -0.05) is 34.1 Å². The number of nitrogens with zero attached hydrogens (tertiary/aromatic N) is 1. The molecule has 4 heteroatoms. The molecule has 2 unspecified atom stereocenters. The molecule has 20 heavy (non-hydrogen) atoms. The van der Waals surface area contributed by atoms with Crippen LogP contribution in [0.25, 0.3) is 0 Å². The lowest BCUT2D eigenvalue weighted by Gasteiger charge is -2.50. The van der Waals surface area contributed by atoms with E-state index in [9.17, 15) is 9.59 Å². The highest BCUT2D eigenvalue weighted by atomic mass is 16.2. The fourth-order valence-corrected chi connectivity index (χ4v) is 3.79. The second kappa shape index (κ2) is 4.74. The van der Waals surface area contributed by atoms with Gasteiger partial charge in [-0.3, -0.25) is 9.59 Å². The summed E-state index contributed by atoms with van der Waals surface area (Å²) in [6, 6.07) is -0.161. The van der Waals surface area contributed by atoms with Gasteiger partial charge in [0.05, 0.1) is 0 Å². The van der Waals surface area contributed by atoms with Gasteiger partial charge in [0, 0.05) is 6.04 Å². The molecule has 4 nitrogen and oxygen atoms in total. The lowest BCUT2D eigenvalue weighted by molar-refractivity contribution is -0.160. The maximum Gasteiger partial charge on any atom is 0.248 e. The van der Waals surface area contributed by atoms with E-state index in [1.54, 1.807) is 13.8 Å². The predicted molar refractivity (Wildman–Crippen MR) is 79.1 cm³/mol. The molecule has 2 fully saturated rings. The SMILES string of the molecule is CC(C)C1C(=O)NC(C)(C)C(=O)N1C1CCCC1(C)C. The van der Waals surface area contributed by atoms with Gasteiger partial charge in [0.15, 0.2) is 0 Å². The van der Waals surface area contributed by atoms with E-state index in [1.165, 1.54) is 0 Å². The molecule has 0 aromatic heterocycles. The summed E-state index contributed by atoms with van der Waals surface area (Å²) < 4.78 is 0. The Morgan fingerprint density at radius 2 is 1.80 bits per heavy atom. The molecule has 1 aliphatic heterocycles. The second-order valence-corrected chi connectivity index (χ2v) is 7.91. The zero-order valence-corrected chi connectivity index (χ0v) is 13.6. The lowest BCUT2D eigenvalue weighted by atomic mass is 9.82. The minimum absolute atomic E-state index is 0.00713. The molecule has 1 saturated carbocycles. The summed E-state index contributed by atoms with van der Waals surface area (Å²) in [6.07, 6.45) is 3.26. The summed E-state index contributed by atoms with van der Waals surface area (Å²) in [6.45, 7) is 12.1. The van der Waals surface area contributed by atoms with Gasteiger partial charge < -0.3 is 10.2 Å². The Morgan fingerprint density at radius 1 is 1.20 bits per heavy atom. The van der Waals surface area contributed by atoms with Crippen LogP contribution >= 0.6 is 0 Å². The molecule has 1 aliphatic carbocycles. The Bertz CT molecular complexity index is 426. The number of nitrogens with one attached hydrogen (secondary N) is 1. The van der Waals surface area contributed by atoms with Crippen molar-refractivity contribution < 1.29 is 9.59 Å². The molecule has 2 amide bonds. The van der Waals surface area contributed by atoms with Crippen LogP contribution in [0.1, 0.15) is 60.8 Å². The molecule has 2 atom stereocenters. The third-order valence-corrected chi connectivity index (χ3v) is 4.94. The molecule has 1 N–H and O–H groups in total. The minimum Gasteiger partial charge on any atom is -0.340 e. The third kappa shape index (κ3) is 2.33. The molecule has 2 rings (SSSR count). The fourth-order valence-electron chi connectivity index (χ4n) is 3.79. The number of piperazine rings is 1. The molecule has 1 heterocycles. The van der Waals surface area contributed by atoms with Crippen LogP contribution in [0.15, 0.2) is 0 Å². The van der Waals surface area contributed by atoms with E-state index in [0.717, 1.165) is 19.3 Å². The standard InChI is InChI=1S/C16H28N2O2/c1-10(2)12-13(19)17-16(5,6)14(20)18(12)11-8-7-9-15(11,3)4/h10-12H,7-9H2,1-6H3,(H,17,19). The number of hydrogen-bond donors (Lipinski definition) is 1. The summed E-state index contributed by atoms with van der Waals surface area (Å²) in [7, 11) is 0. The average molecular weight is 280 g/mol. The van der Waals surface area contributed by atoms with Gasteiger partial charge in [0.1, 0.15) is 11.6 Å². The predicted octanol–water partition coefficient (Wildman–Crippen LogP) is 2.33. The summed E-state index contributed by atoms with van der Waals surface area (Å²) in [5, 5.41) is 2.89. The number of rotatable bonds is 2. The molecule has 2 aliphatic rings. The van der Waals surface area contributed by atoms with E-state index in [2.05, 4.69) is 19.2 Å². The Labute approximate surface area is 122 Å². The zero-order chi connectivity index (χ0) is 15.3. The molecule has 0 spiro atoms. The van der Waals surface area contributed by atoms with Crippen LogP contribution in [0.4, 0.5) is 0 Å². The number of hydrogen-bond acceptors (Lipinski definition) is 2. The van der Waals surface area contributed by atoms with Gasteiger partial charge in [-0.25, -0.2) is 0 Å². The van der Waals surface area contributed by atoms with Crippen molar-refractivity contribution in [2.45, 2.75) is 78.4 Å². The monoisotopic (exact) mass is 280 g/mol. The normalized spacial score (nSPS) is 32.6. The molecule has 114 valence electrons. The lowest BCUT2D eigenvalue weighted by Crippen LogP contribution is -2.72. The zero-order valence-electron chi connectivity index (χ0n) is 13.6. The highest BCUT2D eigenvalue weighted by molar-refractivity contribution is 5.99. The van der Waals surface area contributed by atoms with Crippen LogP contribution in [0, 0.1) is 11.3 Å². The van der Waals surface area contributed by atoms with E-state index in [-0.39, 0.29) is 35.2 Å². The van der Waals surface area contributed by atoms with Crippen molar-refractivity contribution in [2.24, 2.45) is 11.3 Å². The molecule has 0 radical (unpaired) electrons. The highest BCUT2D eigenvalue weighted by Crippen LogP contribution is 2.43. The molecule has 0 bridgehead atoms. The topological polar surface area (TPSA) is 49.4 Å². The number of carbonyl (C=O) groups excluding carboxylic acids is 2. The Balaban J connectivity index is 2.43. The third-order valence-electron chi connectivity index (χ3n) is 4.94. The Kier molecular flexibility index (Phi) is 3.64. The van der Waals surface area contributed by atoms with Gasteiger partial charge in [-0.15, -0.1) is 0 Å². The first-order chi connectivity index (χ1) is 9.08. The minimum atomic E-state index is -0.791. The van der Waals surface area contributed by atoms with E-state index in [4.69, 9.17) is 0 Å². The number of amides is 2. The van der Waals surface area contributed by atoms with Crippen molar-refractivity contribution in [3.63, 3.8) is 0 Å². The second-order valence-electron chi connectivity index (χ2n) is 7.91. The van der Waals surface area contributed by atoms with Gasteiger partial charge in [-0.05, 0) is 38.0 Å². The van der Waals surface area contributed by atoms with Crippen LogP contribution in [0.2, 0.25) is 0 Å². The summed E-state index contributed by atoms with van der Waals surface area (Å²) in [4.78, 5) is 27.3. The first kappa shape index (κ1) is 15.3. The van der Waals surface area contributed by atoms with Crippen LogP contribution in [-0.2, 0) is 9.59 Å². The number of carbonyl (C=O) groups is 2. The van der Waals surface area contributed by atoms with E-state index >= 15 is 0 Å². The van der Waals surface area contributed by atoms with Gasteiger partial charge in [-0.2, -0.15) is 0 Å². The maximum absolute atomic E-state index is 12.9. The maximum atomic E-state index is 12.9. The van der Waals surface area contributed by atoms with Crippen LogP contribution in [-0.4, -0.2) is 34.3 Å². The van der Waals surface area contributed by atoms with Gasteiger partial charge >= 0.3 is 0 Å². The summed E-state index contributed by atoms with van der Waals surface area (Å²) in [5.74, 6) is 0.189. The largest absolute Gasteiger partial charge is 0.340 e. The molecule has 0 aromatic rings. The molecular formula is C16H28N2O2. The molecule has 1 saturated heterocycles. The molecular weight excluding hydrogens is 252 g/mol. The first-order valence-corrected chi connectivity index (χ1v) is 7.73. The van der Waals surface area contributed by atoms with E-state index < -0.39 is 5.54 Å². The van der Waals surface area contributed by atoms with Gasteiger partial charge in [0.2, 0.25) is 11.8 Å².